The van der Waals surface area contributed by atoms with Crippen molar-refractivity contribution in [3.8, 4) is 0 Å². The summed E-state index contributed by atoms with van der Waals surface area (Å²) in [7, 11) is 0. The topological polar surface area (TPSA) is 52.1 Å². The molecule has 0 aliphatic carbocycles. The zero-order valence-corrected chi connectivity index (χ0v) is 8.91. The molecule has 0 aromatic carbocycles. The highest BCUT2D eigenvalue weighted by molar-refractivity contribution is 14.1. The van der Waals surface area contributed by atoms with E-state index >= 15 is 0 Å². The standard InChI is InChI=1S/C7H6FIN2O2/c1-2-13-7(12)5-4(8)6(9)11-3-10-5/h3H,2H2,1H3. The van der Waals surface area contributed by atoms with Gasteiger partial charge in [-0.2, -0.15) is 0 Å². The number of esters is 1. The van der Waals surface area contributed by atoms with Gasteiger partial charge < -0.3 is 4.74 Å². The molecule has 0 saturated carbocycles. The number of rotatable bonds is 2. The monoisotopic (exact) mass is 296 g/mol. The van der Waals surface area contributed by atoms with Gasteiger partial charge in [0, 0.05) is 0 Å². The Morgan fingerprint density at radius 2 is 2.38 bits per heavy atom. The largest absolute Gasteiger partial charge is 0.461 e. The summed E-state index contributed by atoms with van der Waals surface area (Å²) in [4.78, 5) is 18.1. The van der Waals surface area contributed by atoms with Gasteiger partial charge in [-0.05, 0) is 29.5 Å². The molecule has 4 nitrogen and oxygen atoms in total. The lowest BCUT2D eigenvalue weighted by Gasteiger charge is -2.01. The van der Waals surface area contributed by atoms with Crippen LogP contribution in [0.1, 0.15) is 17.4 Å². The zero-order chi connectivity index (χ0) is 9.84. The molecule has 0 bridgehead atoms. The highest BCUT2D eigenvalue weighted by atomic mass is 127. The Morgan fingerprint density at radius 1 is 1.69 bits per heavy atom. The molecule has 0 unspecified atom stereocenters. The highest BCUT2D eigenvalue weighted by Crippen LogP contribution is 2.10. The van der Waals surface area contributed by atoms with Gasteiger partial charge in [-0.3, -0.25) is 0 Å². The first kappa shape index (κ1) is 10.3. The van der Waals surface area contributed by atoms with E-state index in [9.17, 15) is 9.18 Å². The number of hydrogen-bond acceptors (Lipinski definition) is 4. The lowest BCUT2D eigenvalue weighted by molar-refractivity contribution is 0.0513. The van der Waals surface area contributed by atoms with Crippen LogP contribution in [0.25, 0.3) is 0 Å². The summed E-state index contributed by atoms with van der Waals surface area (Å²) in [5.41, 5.74) is -0.318. The number of hydrogen-bond donors (Lipinski definition) is 0. The van der Waals surface area contributed by atoms with Crippen molar-refractivity contribution in [2.45, 2.75) is 6.92 Å². The average Bonchev–Trinajstić information content (AvgIpc) is 2.10. The minimum Gasteiger partial charge on any atom is -0.461 e. The van der Waals surface area contributed by atoms with Crippen molar-refractivity contribution in [2.24, 2.45) is 0 Å². The number of carbonyl (C=O) groups is 1. The lowest BCUT2D eigenvalue weighted by Crippen LogP contribution is -2.11. The fourth-order valence-electron chi connectivity index (χ4n) is 0.690. The Hall–Kier alpha value is -0.790. The maximum Gasteiger partial charge on any atom is 0.360 e. The fourth-order valence-corrected chi connectivity index (χ4v) is 1.07. The summed E-state index contributed by atoms with van der Waals surface area (Å²) in [6.07, 6.45) is 1.12. The lowest BCUT2D eigenvalue weighted by atomic mass is 10.4. The Labute approximate surface area is 87.7 Å². The maximum absolute atomic E-state index is 13.1. The van der Waals surface area contributed by atoms with Crippen LogP contribution >= 0.6 is 22.6 Å². The fraction of sp³-hybridized carbons (Fsp3) is 0.286. The summed E-state index contributed by atoms with van der Waals surface area (Å²) < 4.78 is 17.8. The predicted molar refractivity (Wildman–Crippen MR) is 50.7 cm³/mol. The molecule has 1 aromatic rings. The molecule has 6 heteroatoms. The average molecular weight is 296 g/mol. The van der Waals surface area contributed by atoms with Crippen LogP contribution in [0, 0.1) is 9.52 Å². The number of nitrogens with zero attached hydrogens (tertiary/aromatic N) is 2. The van der Waals surface area contributed by atoms with Crippen molar-refractivity contribution in [3.05, 3.63) is 21.5 Å². The van der Waals surface area contributed by atoms with E-state index in [1.54, 1.807) is 29.5 Å². The van der Waals surface area contributed by atoms with Crippen LogP contribution < -0.4 is 0 Å². The smallest absolute Gasteiger partial charge is 0.360 e. The first-order chi connectivity index (χ1) is 6.16. The molecular formula is C7H6FIN2O2. The molecule has 70 valence electrons. The van der Waals surface area contributed by atoms with Crippen LogP contribution in [-0.2, 0) is 4.74 Å². The first-order valence-corrected chi connectivity index (χ1v) is 4.57. The van der Waals surface area contributed by atoms with Gasteiger partial charge in [0.05, 0.1) is 6.61 Å². The number of ether oxygens (including phenoxy) is 1. The first-order valence-electron chi connectivity index (χ1n) is 3.50. The molecule has 13 heavy (non-hydrogen) atoms. The van der Waals surface area contributed by atoms with Crippen molar-refractivity contribution in [2.75, 3.05) is 6.61 Å². The second-order valence-corrected chi connectivity index (χ2v) is 3.07. The third-order valence-corrected chi connectivity index (χ3v) is 1.97. The third-order valence-electron chi connectivity index (χ3n) is 1.22. The molecule has 0 N–H and O–H groups in total. The van der Waals surface area contributed by atoms with E-state index in [1.807, 2.05) is 0 Å². The minimum absolute atomic E-state index is 0.107. The predicted octanol–water partition coefficient (Wildman–Crippen LogP) is 1.40. The number of aromatic nitrogens is 2. The van der Waals surface area contributed by atoms with Gasteiger partial charge >= 0.3 is 5.97 Å². The van der Waals surface area contributed by atoms with Crippen LogP contribution in [-0.4, -0.2) is 22.5 Å². The van der Waals surface area contributed by atoms with E-state index in [2.05, 4.69) is 14.7 Å². The van der Waals surface area contributed by atoms with Crippen molar-refractivity contribution >= 4 is 28.6 Å². The second kappa shape index (κ2) is 4.45. The Balaban J connectivity index is 3.01. The van der Waals surface area contributed by atoms with Gasteiger partial charge in [0.2, 0.25) is 0 Å². The Morgan fingerprint density at radius 3 is 3.00 bits per heavy atom. The van der Waals surface area contributed by atoms with Crippen molar-refractivity contribution in [3.63, 3.8) is 0 Å². The summed E-state index contributed by atoms with van der Waals surface area (Å²) in [6.45, 7) is 1.83. The summed E-state index contributed by atoms with van der Waals surface area (Å²) in [5, 5.41) is 0. The molecule has 0 spiro atoms. The van der Waals surface area contributed by atoms with Crippen LogP contribution in [0.4, 0.5) is 4.39 Å². The van der Waals surface area contributed by atoms with Crippen molar-refractivity contribution in [1.29, 1.82) is 0 Å². The van der Waals surface area contributed by atoms with E-state index in [-0.39, 0.29) is 16.0 Å². The Kier molecular flexibility index (Phi) is 3.52. The molecule has 0 aliphatic rings. The molecule has 0 atom stereocenters. The molecule has 0 amide bonds. The van der Waals surface area contributed by atoms with E-state index in [4.69, 9.17) is 0 Å². The summed E-state index contributed by atoms with van der Waals surface area (Å²) in [6, 6.07) is 0. The van der Waals surface area contributed by atoms with Crippen LogP contribution in [0.3, 0.4) is 0 Å². The van der Waals surface area contributed by atoms with Gasteiger partial charge in [-0.1, -0.05) is 0 Å². The van der Waals surface area contributed by atoms with Crippen LogP contribution in [0.2, 0.25) is 0 Å². The summed E-state index contributed by atoms with van der Waals surface area (Å²) >= 11 is 1.68. The molecule has 1 heterocycles. The molecule has 1 rings (SSSR count). The van der Waals surface area contributed by atoms with Gasteiger partial charge in [0.1, 0.15) is 10.0 Å². The van der Waals surface area contributed by atoms with E-state index < -0.39 is 11.8 Å². The van der Waals surface area contributed by atoms with Gasteiger partial charge in [0.25, 0.3) is 0 Å². The van der Waals surface area contributed by atoms with Crippen molar-refractivity contribution < 1.29 is 13.9 Å². The summed E-state index contributed by atoms with van der Waals surface area (Å²) in [5.74, 6) is -1.50. The SMILES string of the molecule is CCOC(=O)c1ncnc(I)c1F. The highest BCUT2D eigenvalue weighted by Gasteiger charge is 2.17. The van der Waals surface area contributed by atoms with Gasteiger partial charge in [-0.25, -0.2) is 19.2 Å². The minimum atomic E-state index is -0.764. The van der Waals surface area contributed by atoms with E-state index in [0.29, 0.717) is 0 Å². The maximum atomic E-state index is 13.1. The molecule has 0 aliphatic heterocycles. The Bertz CT molecular complexity index is 332. The molecule has 0 radical (unpaired) electrons. The van der Waals surface area contributed by atoms with E-state index in [1.165, 1.54) is 0 Å². The molecular weight excluding hydrogens is 290 g/mol. The number of carbonyl (C=O) groups excluding carboxylic acids is 1. The molecule has 1 aromatic heterocycles. The zero-order valence-electron chi connectivity index (χ0n) is 6.75. The van der Waals surface area contributed by atoms with Gasteiger partial charge in [-0.15, -0.1) is 0 Å². The third kappa shape index (κ3) is 2.33. The molecule has 0 saturated heterocycles. The van der Waals surface area contributed by atoms with Gasteiger partial charge in [0.15, 0.2) is 11.5 Å². The second-order valence-electron chi connectivity index (χ2n) is 2.05. The number of halogens is 2. The van der Waals surface area contributed by atoms with Crippen LogP contribution in [0.5, 0.6) is 0 Å². The van der Waals surface area contributed by atoms with E-state index in [0.717, 1.165) is 6.33 Å². The molecule has 0 fully saturated rings. The van der Waals surface area contributed by atoms with Crippen molar-refractivity contribution in [1.82, 2.24) is 9.97 Å². The quantitative estimate of drug-likeness (QED) is 0.470. The van der Waals surface area contributed by atoms with Crippen LogP contribution in [0.15, 0.2) is 6.33 Å². The normalized spacial score (nSPS) is 9.77.